The van der Waals surface area contributed by atoms with E-state index in [1.165, 1.54) is 12.1 Å². The number of nitrogens with one attached hydrogen (secondary N) is 1. The molecule has 0 spiro atoms. The van der Waals surface area contributed by atoms with Gasteiger partial charge in [0.1, 0.15) is 10.8 Å². The second-order valence-corrected chi connectivity index (χ2v) is 5.71. The summed E-state index contributed by atoms with van der Waals surface area (Å²) in [6.45, 7) is 1.82. The number of carbonyl (C=O) groups is 1. The molecular weight excluding hydrogens is 409 g/mol. The molecule has 8 heteroatoms. The van der Waals surface area contributed by atoms with Gasteiger partial charge in [-0.05, 0) is 53.8 Å². The summed E-state index contributed by atoms with van der Waals surface area (Å²) in [5.74, 6) is -0.0987. The highest BCUT2D eigenvalue weighted by Gasteiger charge is 2.16. The summed E-state index contributed by atoms with van der Waals surface area (Å²) in [6, 6.07) is 7.36. The predicted octanol–water partition coefficient (Wildman–Crippen LogP) is 3.81. The van der Waals surface area contributed by atoms with Crippen molar-refractivity contribution in [2.24, 2.45) is 0 Å². The topological polar surface area (TPSA) is 85.1 Å². The number of rotatable bonds is 3. The van der Waals surface area contributed by atoms with Crippen LogP contribution < -0.4 is 5.32 Å². The zero-order valence-corrected chi connectivity index (χ0v) is 13.7. The fourth-order valence-electron chi connectivity index (χ4n) is 1.60. The molecule has 1 aromatic carbocycles. The van der Waals surface area contributed by atoms with Gasteiger partial charge in [0, 0.05) is 15.2 Å². The van der Waals surface area contributed by atoms with E-state index in [2.05, 4.69) is 32.9 Å². The lowest BCUT2D eigenvalue weighted by atomic mass is 10.2. The van der Waals surface area contributed by atoms with Crippen molar-refractivity contribution in [3.63, 3.8) is 0 Å². The van der Waals surface area contributed by atoms with E-state index in [9.17, 15) is 14.9 Å². The number of pyridine rings is 1. The van der Waals surface area contributed by atoms with E-state index < -0.39 is 10.8 Å². The molecule has 2 aromatic rings. The van der Waals surface area contributed by atoms with Gasteiger partial charge in [0.15, 0.2) is 0 Å². The molecule has 0 aliphatic rings. The van der Waals surface area contributed by atoms with Crippen LogP contribution in [0.15, 0.2) is 30.3 Å². The molecule has 0 saturated heterocycles. The molecule has 108 valence electrons. The number of halogens is 2. The second kappa shape index (κ2) is 6.35. The second-order valence-electron chi connectivity index (χ2n) is 4.14. The molecule has 0 fully saturated rings. The van der Waals surface area contributed by atoms with Gasteiger partial charge in [-0.15, -0.1) is 0 Å². The summed E-state index contributed by atoms with van der Waals surface area (Å²) in [5.41, 5.74) is 0.621. The largest absolute Gasteiger partial charge is 0.307 e. The van der Waals surface area contributed by atoms with Crippen LogP contribution in [0.2, 0.25) is 5.02 Å². The lowest BCUT2D eigenvalue weighted by Crippen LogP contribution is -2.13. The summed E-state index contributed by atoms with van der Waals surface area (Å²) < 4.78 is 0.979. The Morgan fingerprint density at radius 3 is 2.71 bits per heavy atom. The number of amides is 1. The van der Waals surface area contributed by atoms with Crippen LogP contribution in [0.4, 0.5) is 11.5 Å². The molecule has 0 bridgehead atoms. The van der Waals surface area contributed by atoms with Gasteiger partial charge in [0.25, 0.3) is 11.6 Å². The van der Waals surface area contributed by atoms with Crippen molar-refractivity contribution in [2.45, 2.75) is 6.92 Å². The Morgan fingerprint density at radius 1 is 1.38 bits per heavy atom. The Morgan fingerprint density at radius 2 is 2.10 bits per heavy atom. The van der Waals surface area contributed by atoms with E-state index in [1.54, 1.807) is 6.07 Å². The minimum Gasteiger partial charge on any atom is -0.307 e. The average molecular weight is 418 g/mol. The van der Waals surface area contributed by atoms with Crippen molar-refractivity contribution >= 4 is 51.6 Å². The molecule has 1 heterocycles. The number of nitrogens with zero attached hydrogens (tertiary/aromatic N) is 2. The smallest absolute Gasteiger partial charge is 0.288 e. The normalized spacial score (nSPS) is 10.2. The monoisotopic (exact) mass is 417 g/mol. The first-order valence-corrected chi connectivity index (χ1v) is 7.22. The predicted molar refractivity (Wildman–Crippen MR) is 87.8 cm³/mol. The van der Waals surface area contributed by atoms with Gasteiger partial charge in [0.2, 0.25) is 0 Å². The molecule has 0 aliphatic heterocycles. The zero-order valence-electron chi connectivity index (χ0n) is 10.8. The van der Waals surface area contributed by atoms with E-state index in [4.69, 9.17) is 11.6 Å². The van der Waals surface area contributed by atoms with E-state index in [-0.39, 0.29) is 16.3 Å². The first-order valence-electron chi connectivity index (χ1n) is 5.77. The molecule has 0 unspecified atom stereocenters. The summed E-state index contributed by atoms with van der Waals surface area (Å²) in [6.07, 6.45) is 0. The van der Waals surface area contributed by atoms with Crippen molar-refractivity contribution in [1.82, 2.24) is 4.98 Å². The fourth-order valence-corrected chi connectivity index (χ4v) is 2.08. The third-order valence-corrected chi connectivity index (χ3v) is 4.13. The van der Waals surface area contributed by atoms with Crippen molar-refractivity contribution in [1.29, 1.82) is 0 Å². The number of hydrogen-bond acceptors (Lipinski definition) is 4. The van der Waals surface area contributed by atoms with Crippen molar-refractivity contribution in [3.05, 3.63) is 60.3 Å². The molecule has 1 N–H and O–H groups in total. The van der Waals surface area contributed by atoms with Crippen LogP contribution in [0.1, 0.15) is 16.1 Å². The van der Waals surface area contributed by atoms with Crippen LogP contribution in [0, 0.1) is 20.6 Å². The quantitative estimate of drug-likeness (QED) is 0.467. The summed E-state index contributed by atoms with van der Waals surface area (Å²) in [7, 11) is 0. The number of nitro groups is 1. The van der Waals surface area contributed by atoms with Gasteiger partial charge in [-0.25, -0.2) is 4.98 Å². The van der Waals surface area contributed by atoms with Gasteiger partial charge >= 0.3 is 0 Å². The number of nitro benzene ring substituents is 1. The molecule has 0 saturated carbocycles. The Balaban J connectivity index is 2.26. The van der Waals surface area contributed by atoms with Crippen LogP contribution in [-0.2, 0) is 0 Å². The average Bonchev–Trinajstić information content (AvgIpc) is 2.43. The molecule has 2 rings (SSSR count). The lowest BCUT2D eigenvalue weighted by molar-refractivity contribution is -0.384. The Bertz CT molecular complexity index is 737. The zero-order chi connectivity index (χ0) is 15.6. The summed E-state index contributed by atoms with van der Waals surface area (Å²) in [5, 5.41) is 13.4. The van der Waals surface area contributed by atoms with Gasteiger partial charge in [-0.2, -0.15) is 0 Å². The minimum absolute atomic E-state index is 0.0141. The molecule has 0 atom stereocenters. The van der Waals surface area contributed by atoms with Gasteiger partial charge < -0.3 is 5.32 Å². The van der Waals surface area contributed by atoms with Crippen LogP contribution in [0.5, 0.6) is 0 Å². The van der Waals surface area contributed by atoms with Crippen LogP contribution in [0.25, 0.3) is 0 Å². The Labute approximate surface area is 138 Å². The van der Waals surface area contributed by atoms with E-state index >= 15 is 0 Å². The maximum absolute atomic E-state index is 12.1. The highest BCUT2D eigenvalue weighted by atomic mass is 127. The van der Waals surface area contributed by atoms with Gasteiger partial charge in [-0.3, -0.25) is 14.9 Å². The molecular formula is C13H9ClIN3O3. The van der Waals surface area contributed by atoms with Crippen molar-refractivity contribution in [2.75, 3.05) is 5.32 Å². The van der Waals surface area contributed by atoms with Crippen molar-refractivity contribution in [3.8, 4) is 0 Å². The lowest BCUT2D eigenvalue weighted by Gasteiger charge is -2.06. The van der Waals surface area contributed by atoms with E-state index in [0.717, 1.165) is 15.3 Å². The number of hydrogen-bond donors (Lipinski definition) is 1. The molecule has 0 radical (unpaired) electrons. The van der Waals surface area contributed by atoms with E-state index in [0.29, 0.717) is 5.82 Å². The highest BCUT2D eigenvalue weighted by Crippen LogP contribution is 2.25. The number of aromatic nitrogens is 1. The Hall–Kier alpha value is -1.74. The number of aryl methyl sites for hydroxylation is 1. The van der Waals surface area contributed by atoms with Gasteiger partial charge in [0.05, 0.1) is 10.6 Å². The molecule has 1 amide bonds. The number of anilines is 1. The van der Waals surface area contributed by atoms with Crippen molar-refractivity contribution < 1.29 is 9.72 Å². The maximum atomic E-state index is 12.1. The molecule has 21 heavy (non-hydrogen) atoms. The molecule has 0 aliphatic carbocycles. The first-order chi connectivity index (χ1) is 9.88. The summed E-state index contributed by atoms with van der Waals surface area (Å²) >= 11 is 7.84. The highest BCUT2D eigenvalue weighted by molar-refractivity contribution is 14.1. The summed E-state index contributed by atoms with van der Waals surface area (Å²) in [4.78, 5) is 26.5. The van der Waals surface area contributed by atoms with Crippen LogP contribution in [-0.4, -0.2) is 15.8 Å². The van der Waals surface area contributed by atoms with Gasteiger partial charge in [-0.1, -0.05) is 11.6 Å². The first kappa shape index (κ1) is 15.6. The van der Waals surface area contributed by atoms with Crippen LogP contribution >= 0.6 is 34.2 Å². The Kier molecular flexibility index (Phi) is 4.73. The maximum Gasteiger partial charge on any atom is 0.288 e. The third kappa shape index (κ3) is 3.67. The van der Waals surface area contributed by atoms with E-state index in [1.807, 2.05) is 13.0 Å². The molecule has 1 aromatic heterocycles. The minimum atomic E-state index is -0.633. The molecule has 6 nitrogen and oxygen atoms in total. The number of benzene rings is 1. The number of carbonyl (C=O) groups excluding carboxylic acids is 1. The van der Waals surface area contributed by atoms with Crippen LogP contribution in [0.3, 0.4) is 0 Å². The third-order valence-electron chi connectivity index (χ3n) is 2.67. The standard InChI is InChI=1S/C13H9ClIN3O3/c1-7-10(15)4-5-12(16-7)17-13(19)8-2-3-9(14)11(6-8)18(20)21/h2-6H,1H3,(H,16,17,19). The SMILES string of the molecule is Cc1nc(NC(=O)c2ccc(Cl)c([N+](=O)[O-])c2)ccc1I. The fraction of sp³-hybridized carbons (Fsp3) is 0.0769.